The first-order valence-electron chi connectivity index (χ1n) is 8.29. The van der Waals surface area contributed by atoms with Crippen LogP contribution in [0.5, 0.6) is 0 Å². The second-order valence-corrected chi connectivity index (χ2v) is 7.30. The highest BCUT2D eigenvalue weighted by Gasteiger charge is 2.30. The predicted octanol–water partition coefficient (Wildman–Crippen LogP) is 5.86. The summed E-state index contributed by atoms with van der Waals surface area (Å²) in [6, 6.07) is 15.0. The molecule has 0 aliphatic rings. The highest BCUT2D eigenvalue weighted by molar-refractivity contribution is 8.00. The quantitative estimate of drug-likeness (QED) is 0.298. The molecule has 3 aromatic rings. The number of thioether (sulfide) groups is 1. The van der Waals surface area contributed by atoms with Gasteiger partial charge in [-0.1, -0.05) is 23.7 Å². The fourth-order valence-corrected chi connectivity index (χ4v) is 3.12. The van der Waals surface area contributed by atoms with Gasteiger partial charge in [0, 0.05) is 15.5 Å². The van der Waals surface area contributed by atoms with E-state index < -0.39 is 11.7 Å². The maximum Gasteiger partial charge on any atom is 0.416 e. The van der Waals surface area contributed by atoms with Crippen molar-refractivity contribution in [2.45, 2.75) is 11.1 Å². The van der Waals surface area contributed by atoms with Crippen molar-refractivity contribution in [1.82, 2.24) is 5.43 Å². The number of hydrazone groups is 1. The highest BCUT2D eigenvalue weighted by atomic mass is 35.5. The molecule has 0 saturated carbocycles. The predicted molar refractivity (Wildman–Crippen MR) is 107 cm³/mol. The lowest BCUT2D eigenvalue weighted by Crippen LogP contribution is -2.19. The van der Waals surface area contributed by atoms with Crippen molar-refractivity contribution in [3.8, 4) is 11.3 Å². The van der Waals surface area contributed by atoms with E-state index in [1.54, 1.807) is 18.2 Å². The summed E-state index contributed by atoms with van der Waals surface area (Å²) in [6.45, 7) is 0. The molecule has 0 unspecified atom stereocenters. The molecule has 0 aliphatic carbocycles. The molecule has 0 bridgehead atoms. The van der Waals surface area contributed by atoms with Crippen LogP contribution in [0.25, 0.3) is 11.3 Å². The molecular weight excluding hydrogens is 425 g/mol. The third-order valence-corrected chi connectivity index (χ3v) is 4.93. The van der Waals surface area contributed by atoms with E-state index in [9.17, 15) is 18.0 Å². The normalized spacial score (nSPS) is 11.7. The fraction of sp³-hybridized carbons (Fsp3) is 0.100. The van der Waals surface area contributed by atoms with Crippen LogP contribution in [-0.4, -0.2) is 17.9 Å². The maximum absolute atomic E-state index is 12.8. The molecule has 1 amide bonds. The van der Waals surface area contributed by atoms with Crippen molar-refractivity contribution in [3.63, 3.8) is 0 Å². The summed E-state index contributed by atoms with van der Waals surface area (Å²) in [5.41, 5.74) is 1.90. The second kappa shape index (κ2) is 9.19. The molecule has 0 spiro atoms. The number of halogens is 4. The van der Waals surface area contributed by atoms with Crippen LogP contribution in [0.3, 0.4) is 0 Å². The van der Waals surface area contributed by atoms with Gasteiger partial charge < -0.3 is 4.42 Å². The summed E-state index contributed by atoms with van der Waals surface area (Å²) in [4.78, 5) is 12.7. The molecule has 0 fully saturated rings. The molecule has 0 aliphatic heterocycles. The molecule has 0 radical (unpaired) electrons. The first-order valence-corrected chi connectivity index (χ1v) is 9.65. The molecule has 4 nitrogen and oxygen atoms in total. The third-order valence-electron chi connectivity index (χ3n) is 3.67. The number of furan rings is 1. The van der Waals surface area contributed by atoms with Gasteiger partial charge in [-0.15, -0.1) is 11.8 Å². The van der Waals surface area contributed by atoms with Crippen molar-refractivity contribution in [3.05, 3.63) is 77.0 Å². The van der Waals surface area contributed by atoms with E-state index >= 15 is 0 Å². The summed E-state index contributed by atoms with van der Waals surface area (Å²) in [7, 11) is 0. The van der Waals surface area contributed by atoms with Gasteiger partial charge in [-0.25, -0.2) is 5.43 Å². The van der Waals surface area contributed by atoms with Crippen LogP contribution < -0.4 is 5.43 Å². The fourth-order valence-electron chi connectivity index (χ4n) is 2.31. The van der Waals surface area contributed by atoms with Gasteiger partial charge in [0.15, 0.2) is 0 Å². The van der Waals surface area contributed by atoms with Gasteiger partial charge in [-0.05, 0) is 48.5 Å². The SMILES string of the molecule is O=C(CSc1ccc(Cl)cc1)N/N=C\c1ccc(-c2cccc(C(F)(F)F)c2)o1. The highest BCUT2D eigenvalue weighted by Crippen LogP contribution is 2.32. The first-order chi connectivity index (χ1) is 13.8. The van der Waals surface area contributed by atoms with E-state index in [2.05, 4.69) is 10.5 Å². The number of hydrogen-bond donors (Lipinski definition) is 1. The van der Waals surface area contributed by atoms with Gasteiger partial charge in [-0.2, -0.15) is 18.3 Å². The molecule has 0 saturated heterocycles. The Morgan fingerprint density at radius 3 is 2.62 bits per heavy atom. The number of hydrogen-bond acceptors (Lipinski definition) is 4. The molecule has 3 rings (SSSR count). The number of carbonyl (C=O) groups is 1. The van der Waals surface area contributed by atoms with E-state index in [0.29, 0.717) is 16.3 Å². The molecule has 9 heteroatoms. The van der Waals surface area contributed by atoms with Gasteiger partial charge in [0.25, 0.3) is 0 Å². The lowest BCUT2D eigenvalue weighted by molar-refractivity contribution is -0.137. The Labute approximate surface area is 173 Å². The van der Waals surface area contributed by atoms with Gasteiger partial charge in [0.1, 0.15) is 11.5 Å². The molecule has 1 aromatic heterocycles. The summed E-state index contributed by atoms with van der Waals surface area (Å²) < 4.78 is 43.9. The lowest BCUT2D eigenvalue weighted by Gasteiger charge is -2.07. The zero-order valence-corrected chi connectivity index (χ0v) is 16.3. The summed E-state index contributed by atoms with van der Waals surface area (Å²) in [5, 5.41) is 4.42. The van der Waals surface area contributed by atoms with Crippen LogP contribution >= 0.6 is 23.4 Å². The number of nitrogens with one attached hydrogen (secondary N) is 1. The van der Waals surface area contributed by atoms with Crippen LogP contribution in [0, 0.1) is 0 Å². The van der Waals surface area contributed by atoms with Crippen LogP contribution in [0.1, 0.15) is 11.3 Å². The van der Waals surface area contributed by atoms with Gasteiger partial charge in [-0.3, -0.25) is 4.79 Å². The van der Waals surface area contributed by atoms with Crippen LogP contribution in [0.15, 0.2) is 75.1 Å². The minimum Gasteiger partial charge on any atom is -0.455 e. The maximum atomic E-state index is 12.8. The lowest BCUT2D eigenvalue weighted by atomic mass is 10.1. The zero-order valence-electron chi connectivity index (χ0n) is 14.7. The number of rotatable bonds is 6. The third kappa shape index (κ3) is 6.13. The monoisotopic (exact) mass is 438 g/mol. The Balaban J connectivity index is 1.55. The molecule has 1 N–H and O–H groups in total. The number of benzene rings is 2. The Morgan fingerprint density at radius 1 is 1.14 bits per heavy atom. The molecule has 0 atom stereocenters. The molecular formula is C20H14ClF3N2O2S. The molecule has 1 heterocycles. The number of alkyl halides is 3. The summed E-state index contributed by atoms with van der Waals surface area (Å²) >= 11 is 7.13. The molecule has 29 heavy (non-hydrogen) atoms. The minimum absolute atomic E-state index is 0.159. The van der Waals surface area contributed by atoms with Crippen LogP contribution in [0.2, 0.25) is 5.02 Å². The van der Waals surface area contributed by atoms with Gasteiger partial charge in [0.05, 0.1) is 17.5 Å². The Bertz CT molecular complexity index is 1020. The van der Waals surface area contributed by atoms with Crippen molar-refractivity contribution < 1.29 is 22.4 Å². The van der Waals surface area contributed by atoms with Gasteiger partial charge >= 0.3 is 6.18 Å². The Kier molecular flexibility index (Phi) is 6.66. The Morgan fingerprint density at radius 2 is 1.90 bits per heavy atom. The average molecular weight is 439 g/mol. The molecule has 2 aromatic carbocycles. The van der Waals surface area contributed by atoms with Crippen molar-refractivity contribution >= 4 is 35.5 Å². The van der Waals surface area contributed by atoms with Crippen LogP contribution in [-0.2, 0) is 11.0 Å². The topological polar surface area (TPSA) is 54.6 Å². The summed E-state index contributed by atoms with van der Waals surface area (Å²) in [6.07, 6.45) is -3.15. The largest absolute Gasteiger partial charge is 0.455 e. The van der Waals surface area contributed by atoms with Crippen molar-refractivity contribution in [2.75, 3.05) is 5.75 Å². The number of nitrogens with zero attached hydrogens (tertiary/aromatic N) is 1. The number of carbonyl (C=O) groups excluding carboxylic acids is 1. The van der Waals surface area contributed by atoms with Gasteiger partial charge in [0.2, 0.25) is 5.91 Å². The standard InChI is InChI=1S/C20H14ClF3N2O2S/c21-15-4-7-17(8-5-15)29-12-19(27)26-25-11-16-6-9-18(28-16)13-2-1-3-14(10-13)20(22,23)24/h1-11H,12H2,(H,26,27)/b25-11-. The minimum atomic E-state index is -4.43. The first kappa shape index (κ1) is 21.0. The van der Waals surface area contributed by atoms with Crippen LogP contribution in [0.4, 0.5) is 13.2 Å². The zero-order chi connectivity index (χ0) is 20.9. The van der Waals surface area contributed by atoms with E-state index in [-0.39, 0.29) is 17.4 Å². The second-order valence-electron chi connectivity index (χ2n) is 5.82. The Hall–Kier alpha value is -2.71. The van der Waals surface area contributed by atoms with Crippen molar-refractivity contribution in [1.29, 1.82) is 0 Å². The van der Waals surface area contributed by atoms with E-state index in [1.807, 2.05) is 12.1 Å². The summed E-state index contributed by atoms with van der Waals surface area (Å²) in [5.74, 6) is 0.406. The van der Waals surface area contributed by atoms with Crippen molar-refractivity contribution in [2.24, 2.45) is 5.10 Å². The van der Waals surface area contributed by atoms with E-state index in [1.165, 1.54) is 36.2 Å². The van der Waals surface area contributed by atoms with E-state index in [4.69, 9.17) is 16.0 Å². The average Bonchev–Trinajstić information content (AvgIpc) is 3.16. The van der Waals surface area contributed by atoms with E-state index in [0.717, 1.165) is 17.0 Å². The molecule has 150 valence electrons. The number of amides is 1. The smallest absolute Gasteiger partial charge is 0.416 e.